The lowest BCUT2D eigenvalue weighted by Gasteiger charge is -2.26. The monoisotopic (exact) mass is 547 g/mol. The molecule has 0 aliphatic carbocycles. The van der Waals surface area contributed by atoms with Gasteiger partial charge in [-0.25, -0.2) is 0 Å². The zero-order chi connectivity index (χ0) is 27.4. The molecule has 0 radical (unpaired) electrons. The van der Waals surface area contributed by atoms with Crippen molar-refractivity contribution < 1.29 is 27.6 Å². The van der Waals surface area contributed by atoms with Crippen molar-refractivity contribution in [3.8, 4) is 5.75 Å². The predicted octanol–water partition coefficient (Wildman–Crippen LogP) is 6.05. The number of azo groups is 1. The second-order valence-corrected chi connectivity index (χ2v) is 11.0. The highest BCUT2D eigenvalue weighted by atomic mass is 32.2. The first-order chi connectivity index (χ1) is 18.8. The van der Waals surface area contributed by atoms with Gasteiger partial charge in [0, 0.05) is 24.9 Å². The van der Waals surface area contributed by atoms with E-state index in [1.54, 1.807) is 30.3 Å². The molecule has 1 heterocycles. The molecule has 202 valence electrons. The smallest absolute Gasteiger partial charge is 0.294 e. The summed E-state index contributed by atoms with van der Waals surface area (Å²) in [7, 11) is -4.30. The summed E-state index contributed by atoms with van der Waals surface area (Å²) in [5.74, 6) is -0.341. The molecule has 0 bridgehead atoms. The van der Waals surface area contributed by atoms with Crippen LogP contribution >= 0.6 is 0 Å². The van der Waals surface area contributed by atoms with Crippen LogP contribution in [0.1, 0.15) is 29.6 Å². The molecule has 10 heteroatoms. The number of hydrogen-bond acceptors (Lipinski definition) is 8. The van der Waals surface area contributed by atoms with Gasteiger partial charge in [0.2, 0.25) is 0 Å². The number of nitrogens with zero attached hydrogens (tertiary/aromatic N) is 3. The number of ketones is 1. The van der Waals surface area contributed by atoms with Crippen LogP contribution in [0.3, 0.4) is 0 Å². The number of carbonyl (C=O) groups is 1. The third kappa shape index (κ3) is 6.31. The zero-order valence-corrected chi connectivity index (χ0v) is 22.1. The summed E-state index contributed by atoms with van der Waals surface area (Å²) in [5.41, 5.74) is 0.919. The first kappa shape index (κ1) is 26.9. The number of carbonyl (C=O) groups excluding carboxylic acids is 1. The Kier molecular flexibility index (Phi) is 7.99. The Morgan fingerprint density at radius 1 is 0.897 bits per heavy atom. The maximum absolute atomic E-state index is 13.1. The van der Waals surface area contributed by atoms with E-state index in [9.17, 15) is 22.9 Å². The Bertz CT molecular complexity index is 1660. The fraction of sp³-hybridized carbons (Fsp3) is 0.276. The van der Waals surface area contributed by atoms with Gasteiger partial charge in [0.25, 0.3) is 10.1 Å². The first-order valence-corrected chi connectivity index (χ1v) is 14.2. The molecule has 4 aromatic rings. The molecule has 0 aromatic heterocycles. The number of benzene rings is 4. The van der Waals surface area contributed by atoms with E-state index in [4.69, 9.17) is 4.74 Å². The van der Waals surface area contributed by atoms with Crippen LogP contribution in [0.25, 0.3) is 21.5 Å². The predicted molar refractivity (Wildman–Crippen MR) is 149 cm³/mol. The molecule has 4 aromatic carbocycles. The van der Waals surface area contributed by atoms with Crippen LogP contribution in [0.2, 0.25) is 0 Å². The summed E-state index contributed by atoms with van der Waals surface area (Å²) >= 11 is 0. The van der Waals surface area contributed by atoms with Gasteiger partial charge in [-0.1, -0.05) is 36.4 Å². The van der Waals surface area contributed by atoms with Gasteiger partial charge >= 0.3 is 0 Å². The number of Topliss-reactive ketones (excluding diaryl/α,β-unsaturated/α-hetero) is 1. The van der Waals surface area contributed by atoms with Crippen molar-refractivity contribution >= 4 is 48.8 Å². The van der Waals surface area contributed by atoms with E-state index >= 15 is 0 Å². The van der Waals surface area contributed by atoms with E-state index in [-0.39, 0.29) is 27.7 Å². The van der Waals surface area contributed by atoms with Gasteiger partial charge in [-0.3, -0.25) is 14.2 Å². The van der Waals surface area contributed by atoms with Crippen molar-refractivity contribution in [2.75, 3.05) is 32.8 Å². The lowest BCUT2D eigenvalue weighted by atomic mass is 9.98. The van der Waals surface area contributed by atoms with Gasteiger partial charge in [-0.15, -0.1) is 5.11 Å². The molecule has 0 spiro atoms. The third-order valence-corrected chi connectivity index (χ3v) is 7.74. The zero-order valence-electron chi connectivity index (χ0n) is 21.3. The van der Waals surface area contributed by atoms with Crippen molar-refractivity contribution in [2.24, 2.45) is 10.2 Å². The van der Waals surface area contributed by atoms with Crippen LogP contribution in [0.4, 0.5) is 11.4 Å². The van der Waals surface area contributed by atoms with Crippen molar-refractivity contribution in [1.29, 1.82) is 0 Å². The minimum Gasteiger partial charge on any atom is -0.505 e. The number of ether oxygens (including phenoxy) is 1. The molecule has 39 heavy (non-hydrogen) atoms. The summed E-state index contributed by atoms with van der Waals surface area (Å²) in [5, 5.41) is 22.5. The van der Waals surface area contributed by atoms with E-state index in [0.29, 0.717) is 28.3 Å². The summed E-state index contributed by atoms with van der Waals surface area (Å²) in [4.78, 5) is 15.2. The highest BCUT2D eigenvalue weighted by molar-refractivity contribution is 7.85. The fourth-order valence-corrected chi connectivity index (χ4v) is 5.27. The summed E-state index contributed by atoms with van der Waals surface area (Å²) in [6, 6.07) is 18.4. The van der Waals surface area contributed by atoms with E-state index in [2.05, 4.69) is 15.1 Å². The molecular formula is C29H29N3O6S. The van der Waals surface area contributed by atoms with E-state index < -0.39 is 10.1 Å². The van der Waals surface area contributed by atoms with Gasteiger partial charge < -0.3 is 9.84 Å². The van der Waals surface area contributed by atoms with Crippen LogP contribution in [-0.4, -0.2) is 61.6 Å². The Hall–Kier alpha value is -3.70. The molecule has 1 aliphatic heterocycles. The van der Waals surface area contributed by atoms with Crippen LogP contribution in [0.5, 0.6) is 5.75 Å². The van der Waals surface area contributed by atoms with Gasteiger partial charge in [-0.2, -0.15) is 13.5 Å². The maximum atomic E-state index is 13.1. The molecule has 0 saturated carbocycles. The first-order valence-electron chi connectivity index (χ1n) is 12.8. The van der Waals surface area contributed by atoms with Crippen molar-refractivity contribution in [3.05, 3.63) is 72.3 Å². The topological polar surface area (TPSA) is 129 Å². The van der Waals surface area contributed by atoms with E-state index in [1.165, 1.54) is 12.1 Å². The Morgan fingerprint density at radius 3 is 2.44 bits per heavy atom. The van der Waals surface area contributed by atoms with Crippen molar-refractivity contribution in [2.45, 2.75) is 24.2 Å². The number of phenolic OH excluding ortho intramolecular Hbond substituents is 1. The maximum Gasteiger partial charge on any atom is 0.294 e. The fourth-order valence-electron chi connectivity index (χ4n) is 4.75. The molecule has 0 amide bonds. The average Bonchev–Trinajstić information content (AvgIpc) is 2.94. The molecular weight excluding hydrogens is 518 g/mol. The molecule has 1 aliphatic rings. The Labute approximate surface area is 226 Å². The number of unbranched alkanes of at least 4 members (excludes halogenated alkanes) is 1. The molecule has 2 N–H and O–H groups in total. The van der Waals surface area contributed by atoms with Crippen LogP contribution in [0, 0.1) is 0 Å². The standard InChI is InChI=1S/C29H29N3O6S/c33-27(7-3-4-12-32-13-15-38-16-14-32)26-19-22-5-1-2-6-25(22)28(29(26)34)31-30-23-10-8-21-18-24(39(35,36)37)11-9-20(21)17-23/h1-2,5-6,8-11,17-19,34H,3-4,7,12-16H2,(H,35,36,37). The average molecular weight is 548 g/mol. The molecule has 0 unspecified atom stereocenters. The SMILES string of the molecule is O=C(CCCCN1CCOCC1)c1cc2ccccc2c(N=Nc2ccc3cc(S(=O)(=O)O)ccc3c2)c1O. The highest BCUT2D eigenvalue weighted by Gasteiger charge is 2.19. The molecule has 0 atom stereocenters. The minimum atomic E-state index is -4.30. The lowest BCUT2D eigenvalue weighted by molar-refractivity contribution is 0.0371. The number of phenols is 1. The van der Waals surface area contributed by atoms with Gasteiger partial charge in [0.15, 0.2) is 11.5 Å². The summed E-state index contributed by atoms with van der Waals surface area (Å²) in [6.07, 6.45) is 1.93. The number of morpholine rings is 1. The number of hydrogen-bond donors (Lipinski definition) is 2. The molecule has 5 rings (SSSR count). The number of fused-ring (bicyclic) bond motifs is 2. The van der Waals surface area contributed by atoms with Crippen molar-refractivity contribution in [1.82, 2.24) is 4.90 Å². The second kappa shape index (κ2) is 11.6. The third-order valence-electron chi connectivity index (χ3n) is 6.89. The lowest BCUT2D eigenvalue weighted by Crippen LogP contribution is -2.36. The highest BCUT2D eigenvalue weighted by Crippen LogP contribution is 2.40. The molecule has 1 saturated heterocycles. The second-order valence-electron chi connectivity index (χ2n) is 9.55. The van der Waals surface area contributed by atoms with E-state index in [0.717, 1.165) is 51.1 Å². The summed E-state index contributed by atoms with van der Waals surface area (Å²) in [6.45, 7) is 4.24. The van der Waals surface area contributed by atoms with Gasteiger partial charge in [0.1, 0.15) is 5.69 Å². The van der Waals surface area contributed by atoms with Crippen LogP contribution < -0.4 is 0 Å². The van der Waals surface area contributed by atoms with Gasteiger partial charge in [0.05, 0.1) is 29.4 Å². The van der Waals surface area contributed by atoms with E-state index in [1.807, 2.05) is 24.3 Å². The minimum absolute atomic E-state index is 0.142. The normalized spacial score (nSPS) is 14.9. The Morgan fingerprint density at radius 2 is 1.64 bits per heavy atom. The van der Waals surface area contributed by atoms with Crippen LogP contribution in [-0.2, 0) is 14.9 Å². The molecule has 9 nitrogen and oxygen atoms in total. The van der Waals surface area contributed by atoms with Crippen molar-refractivity contribution in [3.63, 3.8) is 0 Å². The van der Waals surface area contributed by atoms with Crippen LogP contribution in [0.15, 0.2) is 81.9 Å². The summed E-state index contributed by atoms with van der Waals surface area (Å²) < 4.78 is 37.5. The quantitative estimate of drug-likeness (QED) is 0.113. The number of aromatic hydroxyl groups is 1. The number of rotatable bonds is 9. The Balaban J connectivity index is 1.37. The molecule has 1 fully saturated rings. The largest absolute Gasteiger partial charge is 0.505 e. The van der Waals surface area contributed by atoms with Gasteiger partial charge in [-0.05, 0) is 65.9 Å².